The molecule has 0 saturated heterocycles. The summed E-state index contributed by atoms with van der Waals surface area (Å²) in [6.07, 6.45) is 1.47. The molecule has 22 heavy (non-hydrogen) atoms. The number of nitrogens with zero attached hydrogens (tertiary/aromatic N) is 2. The van der Waals surface area contributed by atoms with Crippen molar-refractivity contribution in [3.8, 4) is 11.3 Å². The molecule has 3 rings (SSSR count). The van der Waals surface area contributed by atoms with Crippen molar-refractivity contribution < 1.29 is 14.7 Å². The summed E-state index contributed by atoms with van der Waals surface area (Å²) in [6, 6.07) is 15.4. The van der Waals surface area contributed by atoms with Gasteiger partial charge in [0.1, 0.15) is 0 Å². The predicted molar refractivity (Wildman–Crippen MR) is 81.9 cm³/mol. The van der Waals surface area contributed by atoms with Crippen molar-refractivity contribution in [3.05, 3.63) is 60.2 Å². The molecular formula is C17H10N2O3. The number of rotatable bonds is 3. The van der Waals surface area contributed by atoms with E-state index in [9.17, 15) is 14.7 Å². The Morgan fingerprint density at radius 2 is 1.82 bits per heavy atom. The van der Waals surface area contributed by atoms with Crippen molar-refractivity contribution in [3.63, 3.8) is 0 Å². The third-order valence-corrected chi connectivity index (χ3v) is 3.28. The maximum absolute atomic E-state index is 11.5. The molecule has 0 bridgehead atoms. The van der Waals surface area contributed by atoms with Crippen molar-refractivity contribution in [1.82, 2.24) is 4.98 Å². The minimum Gasteiger partial charge on any atom is -0.478 e. The van der Waals surface area contributed by atoms with Crippen LogP contribution in [0.3, 0.4) is 0 Å². The number of carbonyl (C=O) groups is 1. The number of hydrogen-bond donors (Lipinski definition) is 1. The highest BCUT2D eigenvalue weighted by molar-refractivity contribution is 6.03. The number of carboxylic acid groups (broad SMARTS) is 1. The minimum atomic E-state index is -0.998. The van der Waals surface area contributed by atoms with Gasteiger partial charge in [0.2, 0.25) is 6.08 Å². The fourth-order valence-electron chi connectivity index (χ4n) is 2.26. The van der Waals surface area contributed by atoms with Crippen LogP contribution in [0.2, 0.25) is 0 Å². The van der Waals surface area contributed by atoms with E-state index in [0.29, 0.717) is 22.3 Å². The third kappa shape index (κ3) is 2.49. The maximum Gasteiger partial charge on any atom is 0.336 e. The highest BCUT2D eigenvalue weighted by atomic mass is 16.4. The van der Waals surface area contributed by atoms with Gasteiger partial charge in [0, 0.05) is 10.9 Å². The van der Waals surface area contributed by atoms with E-state index in [1.807, 2.05) is 6.07 Å². The lowest BCUT2D eigenvalue weighted by atomic mass is 10.0. The van der Waals surface area contributed by atoms with Crippen LogP contribution in [0.4, 0.5) is 5.69 Å². The second-order valence-electron chi connectivity index (χ2n) is 4.63. The van der Waals surface area contributed by atoms with E-state index in [2.05, 4.69) is 9.98 Å². The van der Waals surface area contributed by atoms with Crippen LogP contribution in [0.15, 0.2) is 59.6 Å². The van der Waals surface area contributed by atoms with Gasteiger partial charge in [-0.05, 0) is 24.3 Å². The quantitative estimate of drug-likeness (QED) is 0.590. The molecule has 0 aliphatic rings. The van der Waals surface area contributed by atoms with E-state index in [1.54, 1.807) is 48.5 Å². The number of aromatic carboxylic acids is 1. The SMILES string of the molecule is O=C=Nc1ccc(-c2cc(C(=O)O)c3ccccc3n2)cc1. The molecule has 106 valence electrons. The number of pyridine rings is 1. The summed E-state index contributed by atoms with van der Waals surface area (Å²) >= 11 is 0. The average Bonchev–Trinajstić information content (AvgIpc) is 2.54. The molecule has 0 spiro atoms. The lowest BCUT2D eigenvalue weighted by Gasteiger charge is -2.07. The van der Waals surface area contributed by atoms with Crippen molar-refractivity contribution in [1.29, 1.82) is 0 Å². The van der Waals surface area contributed by atoms with Crippen molar-refractivity contribution >= 4 is 28.6 Å². The zero-order chi connectivity index (χ0) is 15.5. The minimum absolute atomic E-state index is 0.204. The van der Waals surface area contributed by atoms with Crippen LogP contribution in [-0.4, -0.2) is 22.1 Å². The van der Waals surface area contributed by atoms with Gasteiger partial charge in [0.15, 0.2) is 0 Å². The van der Waals surface area contributed by atoms with Crippen LogP contribution < -0.4 is 0 Å². The fraction of sp³-hybridized carbons (Fsp3) is 0. The summed E-state index contributed by atoms with van der Waals surface area (Å²) in [5.41, 5.74) is 2.61. The van der Waals surface area contributed by atoms with Crippen molar-refractivity contribution in [2.24, 2.45) is 4.99 Å². The molecule has 1 heterocycles. The van der Waals surface area contributed by atoms with Gasteiger partial charge in [-0.25, -0.2) is 14.6 Å². The lowest BCUT2D eigenvalue weighted by Crippen LogP contribution is -2.00. The van der Waals surface area contributed by atoms with E-state index < -0.39 is 5.97 Å². The third-order valence-electron chi connectivity index (χ3n) is 3.28. The van der Waals surface area contributed by atoms with Gasteiger partial charge < -0.3 is 5.11 Å². The topological polar surface area (TPSA) is 79.6 Å². The van der Waals surface area contributed by atoms with Gasteiger partial charge in [0.05, 0.1) is 22.5 Å². The number of benzene rings is 2. The summed E-state index contributed by atoms with van der Waals surface area (Å²) in [6.45, 7) is 0. The zero-order valence-corrected chi connectivity index (χ0v) is 11.4. The maximum atomic E-state index is 11.5. The Balaban J connectivity index is 2.18. The molecule has 1 N–H and O–H groups in total. The van der Waals surface area contributed by atoms with Crippen LogP contribution in [-0.2, 0) is 4.79 Å². The number of carbonyl (C=O) groups excluding carboxylic acids is 1. The van der Waals surface area contributed by atoms with Crippen LogP contribution in [0.5, 0.6) is 0 Å². The normalized spacial score (nSPS) is 10.2. The van der Waals surface area contributed by atoms with Crippen molar-refractivity contribution in [2.75, 3.05) is 0 Å². The van der Waals surface area contributed by atoms with Gasteiger partial charge >= 0.3 is 5.97 Å². The second-order valence-corrected chi connectivity index (χ2v) is 4.63. The molecule has 5 heteroatoms. The number of isocyanates is 1. The van der Waals surface area contributed by atoms with E-state index in [4.69, 9.17) is 0 Å². The Morgan fingerprint density at radius 1 is 1.09 bits per heavy atom. The molecule has 0 fully saturated rings. The number of hydrogen-bond acceptors (Lipinski definition) is 4. The second kappa shape index (κ2) is 5.60. The van der Waals surface area contributed by atoms with E-state index in [1.165, 1.54) is 6.08 Å². The van der Waals surface area contributed by atoms with E-state index in [0.717, 1.165) is 5.56 Å². The first-order valence-corrected chi connectivity index (χ1v) is 6.50. The van der Waals surface area contributed by atoms with Gasteiger partial charge in [0.25, 0.3) is 0 Å². The number of para-hydroxylation sites is 1. The Kier molecular flexibility index (Phi) is 3.48. The van der Waals surface area contributed by atoms with Crippen LogP contribution in [0.1, 0.15) is 10.4 Å². The van der Waals surface area contributed by atoms with Gasteiger partial charge in [-0.2, -0.15) is 4.99 Å². The molecule has 0 radical (unpaired) electrons. The first-order chi connectivity index (χ1) is 10.7. The molecule has 0 aliphatic heterocycles. The van der Waals surface area contributed by atoms with Gasteiger partial charge in [-0.15, -0.1) is 0 Å². The summed E-state index contributed by atoms with van der Waals surface area (Å²) in [5, 5.41) is 9.98. The Bertz CT molecular complexity index is 911. The van der Waals surface area contributed by atoms with Crippen LogP contribution >= 0.6 is 0 Å². The molecular weight excluding hydrogens is 280 g/mol. The highest BCUT2D eigenvalue weighted by Gasteiger charge is 2.12. The number of aromatic nitrogens is 1. The predicted octanol–water partition coefficient (Wildman–Crippen LogP) is 3.57. The molecule has 1 aromatic heterocycles. The van der Waals surface area contributed by atoms with Gasteiger partial charge in [-0.1, -0.05) is 30.3 Å². The van der Waals surface area contributed by atoms with Crippen LogP contribution in [0.25, 0.3) is 22.2 Å². The average molecular weight is 290 g/mol. The number of carboxylic acids is 1. The van der Waals surface area contributed by atoms with E-state index in [-0.39, 0.29) is 5.56 Å². The summed E-state index contributed by atoms with van der Waals surface area (Å²) in [7, 11) is 0. The van der Waals surface area contributed by atoms with E-state index >= 15 is 0 Å². The van der Waals surface area contributed by atoms with Gasteiger partial charge in [-0.3, -0.25) is 0 Å². The standard InChI is InChI=1S/C17H10N2O3/c20-10-18-12-7-5-11(6-8-12)16-9-14(17(21)22)13-3-1-2-4-15(13)19-16/h1-9H,(H,21,22). The Labute approximate surface area is 125 Å². The summed E-state index contributed by atoms with van der Waals surface area (Å²) < 4.78 is 0. The molecule has 3 aromatic rings. The molecule has 0 amide bonds. The Morgan fingerprint density at radius 3 is 2.50 bits per heavy atom. The molecule has 2 aromatic carbocycles. The fourth-order valence-corrected chi connectivity index (χ4v) is 2.26. The lowest BCUT2D eigenvalue weighted by molar-refractivity contribution is 0.0699. The first-order valence-electron chi connectivity index (χ1n) is 6.50. The zero-order valence-electron chi connectivity index (χ0n) is 11.4. The number of aliphatic imine (C=N–C) groups is 1. The molecule has 0 atom stereocenters. The Hall–Kier alpha value is -3.30. The summed E-state index contributed by atoms with van der Waals surface area (Å²) in [5.74, 6) is -0.998. The highest BCUT2D eigenvalue weighted by Crippen LogP contribution is 2.26. The number of fused-ring (bicyclic) bond motifs is 1. The largest absolute Gasteiger partial charge is 0.478 e. The first kappa shape index (κ1) is 13.7. The molecule has 0 unspecified atom stereocenters. The monoisotopic (exact) mass is 290 g/mol. The smallest absolute Gasteiger partial charge is 0.336 e. The molecule has 0 aliphatic carbocycles. The van der Waals surface area contributed by atoms with Crippen molar-refractivity contribution in [2.45, 2.75) is 0 Å². The summed E-state index contributed by atoms with van der Waals surface area (Å²) in [4.78, 5) is 29.7. The molecule has 5 nitrogen and oxygen atoms in total. The molecule has 0 saturated carbocycles. The van der Waals surface area contributed by atoms with Crippen LogP contribution in [0, 0.1) is 0 Å².